The quantitative estimate of drug-likeness (QED) is 0.575. The summed E-state index contributed by atoms with van der Waals surface area (Å²) in [6, 6.07) is 20.2. The molecule has 0 spiro atoms. The molecule has 0 heterocycles. The molecule has 136 valence electrons. The summed E-state index contributed by atoms with van der Waals surface area (Å²) in [4.78, 5) is 0. The van der Waals surface area contributed by atoms with Crippen molar-refractivity contribution in [2.24, 2.45) is 5.73 Å². The fourth-order valence-electron chi connectivity index (χ4n) is 2.76. The Balaban J connectivity index is 1.82. The fraction of sp³-hybridized carbons (Fsp3) is 0.429. The van der Waals surface area contributed by atoms with E-state index in [9.17, 15) is 4.39 Å². The number of nitrogens with one attached hydrogen (secondary N) is 1. The third-order valence-electron chi connectivity index (χ3n) is 4.10. The van der Waals surface area contributed by atoms with Crippen molar-refractivity contribution in [2.45, 2.75) is 31.5 Å². The van der Waals surface area contributed by atoms with Crippen LogP contribution in [0, 0.1) is 0 Å². The predicted octanol–water partition coefficient (Wildman–Crippen LogP) is 3.85. The maximum Gasteiger partial charge on any atom is 0.136 e. The molecule has 25 heavy (non-hydrogen) atoms. The molecule has 0 saturated carbocycles. The van der Waals surface area contributed by atoms with Crippen molar-refractivity contribution in [1.29, 1.82) is 0 Å². The molecular weight excluding hydrogens is 315 g/mol. The summed E-state index contributed by atoms with van der Waals surface area (Å²) < 4.78 is 19.6. The highest BCUT2D eigenvalue weighted by atomic mass is 19.1. The largest absolute Gasteiger partial charge is 0.378 e. The molecule has 0 saturated heterocycles. The summed E-state index contributed by atoms with van der Waals surface area (Å²) >= 11 is 0. The van der Waals surface area contributed by atoms with E-state index in [0.29, 0.717) is 13.2 Å². The minimum atomic E-state index is -1.02. The van der Waals surface area contributed by atoms with Gasteiger partial charge in [0.2, 0.25) is 0 Å². The van der Waals surface area contributed by atoms with Gasteiger partial charge >= 0.3 is 0 Å². The lowest BCUT2D eigenvalue weighted by atomic mass is 9.98. The SMILES string of the molecule is NCCCCCOCC(F)CNC(c1ccccc1)c1ccccc1. The van der Waals surface area contributed by atoms with Crippen LogP contribution in [-0.4, -0.2) is 32.5 Å². The minimum absolute atomic E-state index is 0.0230. The van der Waals surface area contributed by atoms with E-state index in [1.54, 1.807) is 0 Å². The number of nitrogens with two attached hydrogens (primary N) is 1. The van der Waals surface area contributed by atoms with E-state index in [1.807, 2.05) is 36.4 Å². The summed E-state index contributed by atoms with van der Waals surface area (Å²) in [5.41, 5.74) is 7.70. The van der Waals surface area contributed by atoms with Gasteiger partial charge in [0.05, 0.1) is 12.6 Å². The predicted molar refractivity (Wildman–Crippen MR) is 101 cm³/mol. The lowest BCUT2D eigenvalue weighted by Gasteiger charge is -2.21. The Morgan fingerprint density at radius 3 is 2.04 bits per heavy atom. The highest BCUT2D eigenvalue weighted by Crippen LogP contribution is 2.21. The molecule has 0 aliphatic carbocycles. The smallest absolute Gasteiger partial charge is 0.136 e. The molecule has 1 atom stereocenters. The zero-order valence-corrected chi connectivity index (χ0v) is 14.7. The molecule has 2 aromatic carbocycles. The molecule has 3 nitrogen and oxygen atoms in total. The summed E-state index contributed by atoms with van der Waals surface area (Å²) in [6.07, 6.45) is 1.95. The van der Waals surface area contributed by atoms with Crippen LogP contribution >= 0.6 is 0 Å². The number of hydrogen-bond donors (Lipinski definition) is 2. The molecule has 0 fully saturated rings. The molecule has 0 bridgehead atoms. The third-order valence-corrected chi connectivity index (χ3v) is 4.10. The Kier molecular flexibility index (Phi) is 9.19. The lowest BCUT2D eigenvalue weighted by Crippen LogP contribution is -2.31. The van der Waals surface area contributed by atoms with Crippen molar-refractivity contribution >= 4 is 0 Å². The first-order valence-corrected chi connectivity index (χ1v) is 9.06. The van der Waals surface area contributed by atoms with Crippen LogP contribution in [0.2, 0.25) is 0 Å². The second-order valence-corrected chi connectivity index (χ2v) is 6.18. The zero-order valence-electron chi connectivity index (χ0n) is 14.7. The van der Waals surface area contributed by atoms with E-state index < -0.39 is 6.17 Å². The normalized spacial score (nSPS) is 12.4. The molecule has 0 amide bonds. The van der Waals surface area contributed by atoms with Gasteiger partial charge in [-0.2, -0.15) is 0 Å². The van der Waals surface area contributed by atoms with Gasteiger partial charge in [0, 0.05) is 13.2 Å². The van der Waals surface area contributed by atoms with Crippen LogP contribution in [-0.2, 0) is 4.74 Å². The number of alkyl halides is 1. The van der Waals surface area contributed by atoms with Crippen molar-refractivity contribution in [3.8, 4) is 0 Å². The Hall–Kier alpha value is -1.75. The van der Waals surface area contributed by atoms with E-state index >= 15 is 0 Å². The fourth-order valence-corrected chi connectivity index (χ4v) is 2.76. The summed E-state index contributed by atoms with van der Waals surface area (Å²) in [7, 11) is 0. The molecule has 2 rings (SSSR count). The van der Waals surface area contributed by atoms with E-state index in [2.05, 4.69) is 29.6 Å². The molecule has 0 aromatic heterocycles. The minimum Gasteiger partial charge on any atom is -0.378 e. The molecule has 3 N–H and O–H groups in total. The van der Waals surface area contributed by atoms with Gasteiger partial charge in [-0.1, -0.05) is 60.7 Å². The third kappa shape index (κ3) is 7.34. The molecule has 1 unspecified atom stereocenters. The Morgan fingerprint density at radius 1 is 0.880 bits per heavy atom. The van der Waals surface area contributed by atoms with Gasteiger partial charge in [0.1, 0.15) is 6.17 Å². The van der Waals surface area contributed by atoms with Crippen LogP contribution in [0.3, 0.4) is 0 Å². The molecule has 0 aliphatic rings. The van der Waals surface area contributed by atoms with Crippen LogP contribution in [0.5, 0.6) is 0 Å². The Labute approximate surface area is 150 Å². The number of ether oxygens (including phenoxy) is 1. The van der Waals surface area contributed by atoms with Gasteiger partial charge in [-0.15, -0.1) is 0 Å². The van der Waals surface area contributed by atoms with Crippen LogP contribution in [0.15, 0.2) is 60.7 Å². The van der Waals surface area contributed by atoms with Crippen LogP contribution < -0.4 is 11.1 Å². The first-order chi connectivity index (χ1) is 12.3. The van der Waals surface area contributed by atoms with E-state index in [4.69, 9.17) is 10.5 Å². The van der Waals surface area contributed by atoms with Crippen LogP contribution in [0.25, 0.3) is 0 Å². The highest BCUT2D eigenvalue weighted by Gasteiger charge is 2.15. The number of halogens is 1. The van der Waals surface area contributed by atoms with Crippen molar-refractivity contribution < 1.29 is 9.13 Å². The first kappa shape index (κ1) is 19.6. The Bertz CT molecular complexity index is 525. The molecular formula is C21H29FN2O. The first-order valence-electron chi connectivity index (χ1n) is 9.06. The second-order valence-electron chi connectivity index (χ2n) is 6.18. The summed E-state index contributed by atoms with van der Waals surface area (Å²) in [5.74, 6) is 0. The average molecular weight is 344 g/mol. The van der Waals surface area contributed by atoms with E-state index in [1.165, 1.54) is 0 Å². The van der Waals surface area contributed by atoms with Crippen LogP contribution in [0.1, 0.15) is 36.4 Å². The van der Waals surface area contributed by atoms with Gasteiger partial charge in [0.25, 0.3) is 0 Å². The van der Waals surface area contributed by atoms with Crippen molar-refractivity contribution in [3.05, 3.63) is 71.8 Å². The molecule has 4 heteroatoms. The van der Waals surface area contributed by atoms with Gasteiger partial charge in [-0.05, 0) is 36.9 Å². The summed E-state index contributed by atoms with van der Waals surface area (Å²) in [6.45, 7) is 1.69. The molecule has 0 aliphatic heterocycles. The Morgan fingerprint density at radius 2 is 1.48 bits per heavy atom. The number of rotatable bonds is 12. The molecule has 2 aromatic rings. The number of benzene rings is 2. The van der Waals surface area contributed by atoms with E-state index in [0.717, 1.165) is 30.4 Å². The topological polar surface area (TPSA) is 47.3 Å². The summed E-state index contributed by atoms with van der Waals surface area (Å²) in [5, 5.41) is 3.34. The van der Waals surface area contributed by atoms with Gasteiger partial charge in [0.15, 0.2) is 0 Å². The monoisotopic (exact) mass is 344 g/mol. The van der Waals surface area contributed by atoms with Crippen molar-refractivity contribution in [2.75, 3.05) is 26.3 Å². The van der Waals surface area contributed by atoms with Gasteiger partial charge in [-0.3, -0.25) is 0 Å². The maximum absolute atomic E-state index is 14.2. The zero-order chi connectivity index (χ0) is 17.7. The maximum atomic E-state index is 14.2. The van der Waals surface area contributed by atoms with E-state index in [-0.39, 0.29) is 19.2 Å². The standard InChI is InChI=1S/C21H29FN2O/c22-20(17-25-15-9-3-8-14-23)16-24-21(18-10-4-1-5-11-18)19-12-6-2-7-13-19/h1-2,4-7,10-13,20-21,24H,3,8-9,14-17,23H2. The lowest BCUT2D eigenvalue weighted by molar-refractivity contribution is 0.0771. The van der Waals surface area contributed by atoms with Crippen molar-refractivity contribution in [1.82, 2.24) is 5.32 Å². The second kappa shape index (κ2) is 11.7. The highest BCUT2D eigenvalue weighted by molar-refractivity contribution is 5.31. The van der Waals surface area contributed by atoms with Gasteiger partial charge < -0.3 is 15.8 Å². The van der Waals surface area contributed by atoms with Crippen LogP contribution in [0.4, 0.5) is 4.39 Å². The average Bonchev–Trinajstić information content (AvgIpc) is 2.66. The van der Waals surface area contributed by atoms with Gasteiger partial charge in [-0.25, -0.2) is 4.39 Å². The number of unbranched alkanes of at least 4 members (excludes halogenated alkanes) is 2. The number of hydrogen-bond acceptors (Lipinski definition) is 3. The van der Waals surface area contributed by atoms with Crippen molar-refractivity contribution in [3.63, 3.8) is 0 Å². The molecule has 0 radical (unpaired) electrons.